The first-order valence-corrected chi connectivity index (χ1v) is 8.18. The van der Waals surface area contributed by atoms with E-state index in [-0.39, 0.29) is 18.9 Å². The third-order valence-electron chi connectivity index (χ3n) is 3.97. The Morgan fingerprint density at radius 3 is 2.88 bits per heavy atom. The van der Waals surface area contributed by atoms with Gasteiger partial charge in [-0.25, -0.2) is 0 Å². The normalized spacial score (nSPS) is 12.0. The lowest BCUT2D eigenvalue weighted by Crippen LogP contribution is -2.35. The van der Waals surface area contributed by atoms with Crippen molar-refractivity contribution in [2.24, 2.45) is 0 Å². The molecular weight excluding hydrogens is 320 g/mol. The van der Waals surface area contributed by atoms with Gasteiger partial charge in [0.2, 0.25) is 0 Å². The number of aromatic nitrogens is 1. The third kappa shape index (κ3) is 4.29. The lowest BCUT2D eigenvalue weighted by molar-refractivity contribution is -0.154. The van der Waals surface area contributed by atoms with Crippen molar-refractivity contribution in [3.63, 3.8) is 0 Å². The highest BCUT2D eigenvalue weighted by Gasteiger charge is 2.18. The maximum absolute atomic E-state index is 12.0. The highest BCUT2D eigenvalue weighted by Crippen LogP contribution is 2.19. The van der Waals surface area contributed by atoms with Crippen LogP contribution in [0.4, 0.5) is 0 Å². The Hall–Kier alpha value is -3.02. The third-order valence-corrected chi connectivity index (χ3v) is 3.97. The van der Waals surface area contributed by atoms with E-state index >= 15 is 0 Å². The molecule has 0 radical (unpaired) electrons. The fourth-order valence-corrected chi connectivity index (χ4v) is 2.62. The zero-order chi connectivity index (χ0) is 17.6. The number of esters is 1. The number of aryl methyl sites for hydroxylation is 1. The van der Waals surface area contributed by atoms with Crippen LogP contribution in [0.3, 0.4) is 0 Å². The summed E-state index contributed by atoms with van der Waals surface area (Å²) in [4.78, 5) is 27.1. The Labute approximate surface area is 145 Å². The van der Waals surface area contributed by atoms with E-state index in [0.29, 0.717) is 12.2 Å². The molecule has 0 aliphatic carbocycles. The molecule has 1 atom stereocenters. The van der Waals surface area contributed by atoms with E-state index in [1.807, 2.05) is 30.5 Å². The molecule has 1 unspecified atom stereocenters. The van der Waals surface area contributed by atoms with E-state index in [9.17, 15) is 9.59 Å². The summed E-state index contributed by atoms with van der Waals surface area (Å²) in [6.07, 6.45) is 3.37. The van der Waals surface area contributed by atoms with Crippen LogP contribution in [0.15, 0.2) is 53.3 Å². The Morgan fingerprint density at radius 2 is 2.08 bits per heavy atom. The van der Waals surface area contributed by atoms with E-state index in [1.54, 1.807) is 19.1 Å². The van der Waals surface area contributed by atoms with Crippen molar-refractivity contribution < 1.29 is 18.7 Å². The second kappa shape index (κ2) is 7.70. The Kier molecular flexibility index (Phi) is 5.18. The van der Waals surface area contributed by atoms with Crippen LogP contribution >= 0.6 is 0 Å². The quantitative estimate of drug-likeness (QED) is 0.648. The summed E-state index contributed by atoms with van der Waals surface area (Å²) >= 11 is 0. The molecule has 0 aliphatic rings. The van der Waals surface area contributed by atoms with Gasteiger partial charge in [-0.15, -0.1) is 0 Å². The Balaban J connectivity index is 1.46. The van der Waals surface area contributed by atoms with Gasteiger partial charge in [0.1, 0.15) is 5.76 Å². The SMILES string of the molecule is CC(OC(=O)CCc1c[nH]c2ccccc12)C(=O)NCc1ccco1. The first kappa shape index (κ1) is 16.8. The first-order chi connectivity index (χ1) is 12.1. The van der Waals surface area contributed by atoms with E-state index in [4.69, 9.17) is 9.15 Å². The highest BCUT2D eigenvalue weighted by atomic mass is 16.5. The minimum absolute atomic E-state index is 0.220. The molecule has 2 N–H and O–H groups in total. The van der Waals surface area contributed by atoms with Crippen LogP contribution in [0, 0.1) is 0 Å². The van der Waals surface area contributed by atoms with Crippen molar-refractivity contribution in [1.82, 2.24) is 10.3 Å². The predicted molar refractivity (Wildman–Crippen MR) is 92.7 cm³/mol. The van der Waals surface area contributed by atoms with Gasteiger partial charge >= 0.3 is 5.97 Å². The Bertz CT molecular complexity index is 851. The van der Waals surface area contributed by atoms with E-state index in [0.717, 1.165) is 16.5 Å². The number of ether oxygens (including phenoxy) is 1. The number of hydrogen-bond donors (Lipinski definition) is 2. The minimum Gasteiger partial charge on any atom is -0.467 e. The molecule has 3 rings (SSSR count). The molecule has 130 valence electrons. The van der Waals surface area contributed by atoms with Crippen LogP contribution in [0.5, 0.6) is 0 Å². The monoisotopic (exact) mass is 340 g/mol. The number of rotatable bonds is 7. The smallest absolute Gasteiger partial charge is 0.306 e. The van der Waals surface area contributed by atoms with Crippen molar-refractivity contribution in [1.29, 1.82) is 0 Å². The molecule has 25 heavy (non-hydrogen) atoms. The lowest BCUT2D eigenvalue weighted by atomic mass is 10.1. The predicted octanol–water partition coefficient (Wildman–Crippen LogP) is 2.94. The molecule has 3 aromatic rings. The fourth-order valence-electron chi connectivity index (χ4n) is 2.62. The second-order valence-corrected chi connectivity index (χ2v) is 5.79. The zero-order valence-corrected chi connectivity index (χ0v) is 14.0. The summed E-state index contributed by atoms with van der Waals surface area (Å²) in [7, 11) is 0. The van der Waals surface area contributed by atoms with Gasteiger partial charge < -0.3 is 19.5 Å². The summed E-state index contributed by atoms with van der Waals surface area (Å²) in [6, 6.07) is 11.4. The average molecular weight is 340 g/mol. The number of para-hydroxylation sites is 1. The van der Waals surface area contributed by atoms with Crippen LogP contribution < -0.4 is 5.32 Å². The molecule has 6 nitrogen and oxygen atoms in total. The minimum atomic E-state index is -0.842. The molecule has 0 bridgehead atoms. The number of furan rings is 1. The first-order valence-electron chi connectivity index (χ1n) is 8.18. The van der Waals surface area contributed by atoms with Gasteiger partial charge in [0.25, 0.3) is 5.91 Å². The van der Waals surface area contributed by atoms with Crippen molar-refractivity contribution in [2.75, 3.05) is 0 Å². The van der Waals surface area contributed by atoms with Gasteiger partial charge in [-0.3, -0.25) is 9.59 Å². The van der Waals surface area contributed by atoms with Gasteiger partial charge in [-0.2, -0.15) is 0 Å². The molecule has 0 saturated carbocycles. The van der Waals surface area contributed by atoms with Crippen molar-refractivity contribution in [3.05, 3.63) is 60.2 Å². The number of H-pyrrole nitrogens is 1. The molecular formula is C19H20N2O4. The molecule has 0 spiro atoms. The average Bonchev–Trinajstić information content (AvgIpc) is 3.27. The molecule has 1 aromatic carbocycles. The van der Waals surface area contributed by atoms with E-state index in [2.05, 4.69) is 10.3 Å². The molecule has 6 heteroatoms. The number of hydrogen-bond acceptors (Lipinski definition) is 4. The van der Waals surface area contributed by atoms with Crippen LogP contribution in [-0.2, 0) is 27.3 Å². The second-order valence-electron chi connectivity index (χ2n) is 5.79. The lowest BCUT2D eigenvalue weighted by Gasteiger charge is -2.13. The van der Waals surface area contributed by atoms with Crippen molar-refractivity contribution in [3.8, 4) is 0 Å². The van der Waals surface area contributed by atoms with E-state index < -0.39 is 12.1 Å². The van der Waals surface area contributed by atoms with E-state index in [1.165, 1.54) is 6.26 Å². The molecule has 2 heterocycles. The standard InChI is InChI=1S/C19H20N2O4/c1-13(19(23)21-12-15-5-4-10-24-15)25-18(22)9-8-14-11-20-17-7-3-2-6-16(14)17/h2-7,10-11,13,20H,8-9,12H2,1H3,(H,21,23). The highest BCUT2D eigenvalue weighted by molar-refractivity contribution is 5.85. The number of fused-ring (bicyclic) bond motifs is 1. The number of carbonyl (C=O) groups is 2. The largest absolute Gasteiger partial charge is 0.467 e. The zero-order valence-electron chi connectivity index (χ0n) is 14.0. The van der Waals surface area contributed by atoms with Crippen LogP contribution in [0.1, 0.15) is 24.7 Å². The van der Waals surface area contributed by atoms with Gasteiger partial charge in [-0.05, 0) is 37.1 Å². The summed E-state index contributed by atoms with van der Waals surface area (Å²) in [5.74, 6) is -0.103. The maximum Gasteiger partial charge on any atom is 0.306 e. The van der Waals surface area contributed by atoms with Crippen molar-refractivity contribution in [2.45, 2.75) is 32.4 Å². The molecule has 1 amide bonds. The Morgan fingerprint density at radius 1 is 1.24 bits per heavy atom. The number of aromatic amines is 1. The number of carbonyl (C=O) groups excluding carboxylic acids is 2. The van der Waals surface area contributed by atoms with Gasteiger partial charge in [-0.1, -0.05) is 18.2 Å². The van der Waals surface area contributed by atoms with Crippen LogP contribution in [0.2, 0.25) is 0 Å². The summed E-state index contributed by atoms with van der Waals surface area (Å²) in [6.45, 7) is 1.82. The van der Waals surface area contributed by atoms with Crippen LogP contribution in [0.25, 0.3) is 10.9 Å². The van der Waals surface area contributed by atoms with Gasteiger partial charge in [0, 0.05) is 23.5 Å². The summed E-state index contributed by atoms with van der Waals surface area (Å²) in [5, 5.41) is 3.77. The topological polar surface area (TPSA) is 84.3 Å². The van der Waals surface area contributed by atoms with Crippen molar-refractivity contribution >= 4 is 22.8 Å². The van der Waals surface area contributed by atoms with Gasteiger partial charge in [0.15, 0.2) is 6.10 Å². The summed E-state index contributed by atoms with van der Waals surface area (Å²) in [5.41, 5.74) is 2.10. The number of amides is 1. The number of benzene rings is 1. The maximum atomic E-state index is 12.0. The van der Waals surface area contributed by atoms with Gasteiger partial charge in [0.05, 0.1) is 12.8 Å². The molecule has 0 saturated heterocycles. The molecule has 0 aliphatic heterocycles. The molecule has 2 aromatic heterocycles. The fraction of sp³-hybridized carbons (Fsp3) is 0.263. The molecule has 0 fully saturated rings. The van der Waals surface area contributed by atoms with Crippen LogP contribution in [-0.4, -0.2) is 23.0 Å². The summed E-state index contributed by atoms with van der Waals surface area (Å²) < 4.78 is 10.3. The number of nitrogens with one attached hydrogen (secondary N) is 2.